The average molecular weight is 253 g/mol. The fourth-order valence-electron chi connectivity index (χ4n) is 2.21. The van der Waals surface area contributed by atoms with E-state index in [0.717, 1.165) is 31.7 Å². The molecule has 0 aliphatic heterocycles. The lowest BCUT2D eigenvalue weighted by Gasteiger charge is -2.24. The number of aryl methyl sites for hydroxylation is 2. The summed E-state index contributed by atoms with van der Waals surface area (Å²) in [5, 5.41) is 17.0. The van der Waals surface area contributed by atoms with Crippen molar-refractivity contribution in [3.63, 3.8) is 0 Å². The van der Waals surface area contributed by atoms with E-state index in [1.54, 1.807) is 0 Å². The Morgan fingerprint density at radius 1 is 1.33 bits per heavy atom. The SMILES string of the molecule is CCn1nc(C)c(CNCC(C)(C)CCO)c1C. The molecule has 0 saturated heterocycles. The van der Waals surface area contributed by atoms with Crippen LogP contribution in [0.4, 0.5) is 0 Å². The molecule has 2 N–H and O–H groups in total. The van der Waals surface area contributed by atoms with Gasteiger partial charge in [0, 0.05) is 37.5 Å². The molecule has 104 valence electrons. The van der Waals surface area contributed by atoms with Gasteiger partial charge in [-0.2, -0.15) is 5.10 Å². The van der Waals surface area contributed by atoms with E-state index in [2.05, 4.69) is 45.0 Å². The minimum Gasteiger partial charge on any atom is -0.396 e. The summed E-state index contributed by atoms with van der Waals surface area (Å²) in [5.41, 5.74) is 3.80. The lowest BCUT2D eigenvalue weighted by atomic mass is 9.90. The van der Waals surface area contributed by atoms with Crippen LogP contribution >= 0.6 is 0 Å². The van der Waals surface area contributed by atoms with Crippen molar-refractivity contribution in [1.82, 2.24) is 15.1 Å². The molecule has 0 aromatic carbocycles. The highest BCUT2D eigenvalue weighted by Crippen LogP contribution is 2.19. The molecule has 1 rings (SSSR count). The first-order valence-corrected chi connectivity index (χ1v) is 6.75. The Balaban J connectivity index is 2.56. The number of hydrogen-bond donors (Lipinski definition) is 2. The standard InChI is InChI=1S/C14H27N3O/c1-6-17-12(3)13(11(2)16-17)9-15-10-14(4,5)7-8-18/h15,18H,6-10H2,1-5H3. The minimum absolute atomic E-state index is 0.136. The molecule has 0 atom stereocenters. The average Bonchev–Trinajstić information content (AvgIpc) is 2.55. The van der Waals surface area contributed by atoms with Gasteiger partial charge in [0.15, 0.2) is 0 Å². The summed E-state index contributed by atoms with van der Waals surface area (Å²) in [4.78, 5) is 0. The fourth-order valence-corrected chi connectivity index (χ4v) is 2.21. The summed E-state index contributed by atoms with van der Waals surface area (Å²) in [6.07, 6.45) is 0.826. The molecule has 1 heterocycles. The highest BCUT2D eigenvalue weighted by Gasteiger charge is 2.17. The van der Waals surface area contributed by atoms with Gasteiger partial charge in [-0.05, 0) is 32.6 Å². The van der Waals surface area contributed by atoms with E-state index < -0.39 is 0 Å². The number of aromatic nitrogens is 2. The van der Waals surface area contributed by atoms with E-state index in [4.69, 9.17) is 5.11 Å². The molecule has 0 bridgehead atoms. The van der Waals surface area contributed by atoms with Gasteiger partial charge in [0.25, 0.3) is 0 Å². The number of hydrogen-bond acceptors (Lipinski definition) is 3. The molecule has 0 fully saturated rings. The molecule has 4 nitrogen and oxygen atoms in total. The zero-order valence-electron chi connectivity index (χ0n) is 12.4. The second-order valence-electron chi connectivity index (χ2n) is 5.71. The van der Waals surface area contributed by atoms with Crippen molar-refractivity contribution in [3.8, 4) is 0 Å². The lowest BCUT2D eigenvalue weighted by molar-refractivity contribution is 0.207. The smallest absolute Gasteiger partial charge is 0.0641 e. The number of aliphatic hydroxyl groups is 1. The van der Waals surface area contributed by atoms with Crippen LogP contribution in [0.3, 0.4) is 0 Å². The predicted molar refractivity (Wildman–Crippen MR) is 74.6 cm³/mol. The third-order valence-electron chi connectivity index (χ3n) is 3.52. The van der Waals surface area contributed by atoms with E-state index in [-0.39, 0.29) is 12.0 Å². The Labute approximate surface area is 110 Å². The second-order valence-corrected chi connectivity index (χ2v) is 5.71. The number of rotatable bonds is 7. The Morgan fingerprint density at radius 3 is 2.50 bits per heavy atom. The summed E-state index contributed by atoms with van der Waals surface area (Å²) >= 11 is 0. The van der Waals surface area contributed by atoms with Crippen molar-refractivity contribution in [3.05, 3.63) is 17.0 Å². The molecule has 0 radical (unpaired) electrons. The zero-order chi connectivity index (χ0) is 13.8. The number of aliphatic hydroxyl groups excluding tert-OH is 1. The molecule has 4 heteroatoms. The molecule has 0 aliphatic rings. The molecule has 18 heavy (non-hydrogen) atoms. The lowest BCUT2D eigenvalue weighted by Crippen LogP contribution is -2.30. The number of nitrogens with zero attached hydrogens (tertiary/aromatic N) is 2. The summed E-state index contributed by atoms with van der Waals surface area (Å²) in [5.74, 6) is 0. The number of nitrogens with one attached hydrogen (secondary N) is 1. The monoisotopic (exact) mass is 253 g/mol. The van der Waals surface area contributed by atoms with Crippen LogP contribution in [0.5, 0.6) is 0 Å². The first kappa shape index (κ1) is 15.2. The molecule has 1 aromatic heterocycles. The first-order chi connectivity index (χ1) is 8.41. The third-order valence-corrected chi connectivity index (χ3v) is 3.52. The van der Waals surface area contributed by atoms with E-state index >= 15 is 0 Å². The van der Waals surface area contributed by atoms with Gasteiger partial charge >= 0.3 is 0 Å². The Morgan fingerprint density at radius 2 is 2.00 bits per heavy atom. The van der Waals surface area contributed by atoms with Crippen LogP contribution in [0, 0.1) is 19.3 Å². The van der Waals surface area contributed by atoms with Gasteiger partial charge in [-0.1, -0.05) is 13.8 Å². The molecule has 0 saturated carbocycles. The maximum atomic E-state index is 9.00. The second kappa shape index (κ2) is 6.34. The molecular formula is C14H27N3O. The van der Waals surface area contributed by atoms with Crippen LogP contribution < -0.4 is 5.32 Å². The normalized spacial score (nSPS) is 12.1. The van der Waals surface area contributed by atoms with E-state index in [0.29, 0.717) is 0 Å². The summed E-state index contributed by atoms with van der Waals surface area (Å²) in [6.45, 7) is 13.6. The topological polar surface area (TPSA) is 50.1 Å². The Hall–Kier alpha value is -0.870. The summed E-state index contributed by atoms with van der Waals surface area (Å²) in [6, 6.07) is 0. The highest BCUT2D eigenvalue weighted by atomic mass is 16.3. The van der Waals surface area contributed by atoms with E-state index in [1.165, 1.54) is 11.3 Å². The molecule has 1 aromatic rings. The van der Waals surface area contributed by atoms with E-state index in [9.17, 15) is 0 Å². The van der Waals surface area contributed by atoms with Gasteiger partial charge in [0.05, 0.1) is 5.69 Å². The van der Waals surface area contributed by atoms with Gasteiger partial charge in [-0.15, -0.1) is 0 Å². The zero-order valence-corrected chi connectivity index (χ0v) is 12.4. The van der Waals surface area contributed by atoms with Crippen LogP contribution in [0.15, 0.2) is 0 Å². The maximum Gasteiger partial charge on any atom is 0.0641 e. The van der Waals surface area contributed by atoms with Crippen molar-refractivity contribution >= 4 is 0 Å². The van der Waals surface area contributed by atoms with Crippen molar-refractivity contribution in [2.24, 2.45) is 5.41 Å². The highest BCUT2D eigenvalue weighted by molar-refractivity contribution is 5.24. The van der Waals surface area contributed by atoms with Gasteiger partial charge in [-0.25, -0.2) is 0 Å². The molecule has 0 unspecified atom stereocenters. The summed E-state index contributed by atoms with van der Waals surface area (Å²) in [7, 11) is 0. The fraction of sp³-hybridized carbons (Fsp3) is 0.786. The van der Waals surface area contributed by atoms with Crippen molar-refractivity contribution in [2.45, 2.75) is 54.1 Å². The maximum absolute atomic E-state index is 9.00. The molecular weight excluding hydrogens is 226 g/mol. The van der Waals surface area contributed by atoms with Crippen LogP contribution in [-0.4, -0.2) is 28.0 Å². The van der Waals surface area contributed by atoms with Crippen LogP contribution in [-0.2, 0) is 13.1 Å². The van der Waals surface area contributed by atoms with Gasteiger partial charge in [0.2, 0.25) is 0 Å². The van der Waals surface area contributed by atoms with Gasteiger partial charge in [0.1, 0.15) is 0 Å². The largest absolute Gasteiger partial charge is 0.396 e. The minimum atomic E-state index is 0.136. The third kappa shape index (κ3) is 3.82. The van der Waals surface area contributed by atoms with Gasteiger partial charge < -0.3 is 10.4 Å². The van der Waals surface area contributed by atoms with Crippen molar-refractivity contribution in [2.75, 3.05) is 13.2 Å². The molecule has 0 spiro atoms. The first-order valence-electron chi connectivity index (χ1n) is 6.75. The summed E-state index contributed by atoms with van der Waals surface area (Å²) < 4.78 is 2.05. The van der Waals surface area contributed by atoms with Crippen LogP contribution in [0.2, 0.25) is 0 Å². The van der Waals surface area contributed by atoms with Crippen molar-refractivity contribution < 1.29 is 5.11 Å². The van der Waals surface area contributed by atoms with Gasteiger partial charge in [-0.3, -0.25) is 4.68 Å². The Kier molecular flexibility index (Phi) is 5.35. The predicted octanol–water partition coefficient (Wildman–Crippen LogP) is 2.02. The quantitative estimate of drug-likeness (QED) is 0.781. The van der Waals surface area contributed by atoms with E-state index in [1.807, 2.05) is 4.68 Å². The van der Waals surface area contributed by atoms with Crippen LogP contribution in [0.1, 0.15) is 44.1 Å². The molecule has 0 amide bonds. The Bertz CT molecular complexity index is 383. The van der Waals surface area contributed by atoms with Crippen LogP contribution in [0.25, 0.3) is 0 Å². The molecule has 0 aliphatic carbocycles. The van der Waals surface area contributed by atoms with Crippen molar-refractivity contribution in [1.29, 1.82) is 0 Å².